The second kappa shape index (κ2) is 9.92. The number of amides is 2. The fourth-order valence-corrected chi connectivity index (χ4v) is 4.48. The van der Waals surface area contributed by atoms with Crippen LogP contribution in [0.25, 0.3) is 16.6 Å². The highest BCUT2D eigenvalue weighted by Crippen LogP contribution is 2.27. The van der Waals surface area contributed by atoms with Crippen LogP contribution in [-0.2, 0) is 4.79 Å². The van der Waals surface area contributed by atoms with Crippen LogP contribution < -0.4 is 5.32 Å². The molecule has 36 heavy (non-hydrogen) atoms. The van der Waals surface area contributed by atoms with E-state index in [0.29, 0.717) is 53.9 Å². The van der Waals surface area contributed by atoms with Crippen molar-refractivity contribution in [2.75, 3.05) is 31.5 Å². The molecule has 2 N–H and O–H groups in total. The summed E-state index contributed by atoms with van der Waals surface area (Å²) in [6.07, 6.45) is 1.54. The number of carbonyl (C=O) groups excluding carboxylic acids is 3. The molecule has 0 spiro atoms. The summed E-state index contributed by atoms with van der Waals surface area (Å²) in [7, 11) is 0. The van der Waals surface area contributed by atoms with Crippen LogP contribution in [0.4, 0.5) is 5.69 Å². The highest BCUT2D eigenvalue weighted by atomic mass is 16.2. The molecule has 0 unspecified atom stereocenters. The minimum atomic E-state index is -0.567. The molecule has 5 rings (SSSR count). The van der Waals surface area contributed by atoms with Gasteiger partial charge in [-0.25, -0.2) is 0 Å². The van der Waals surface area contributed by atoms with Gasteiger partial charge in [-0.1, -0.05) is 67.2 Å². The van der Waals surface area contributed by atoms with Gasteiger partial charge in [-0.05, 0) is 23.8 Å². The molecule has 0 aliphatic carbocycles. The molecule has 7 heteroatoms. The lowest BCUT2D eigenvalue weighted by Gasteiger charge is -2.36. The molecule has 0 radical (unpaired) electrons. The molecule has 0 atom stereocenters. The van der Waals surface area contributed by atoms with Gasteiger partial charge < -0.3 is 20.1 Å². The van der Waals surface area contributed by atoms with Gasteiger partial charge in [0.05, 0.1) is 16.8 Å². The molecule has 4 aromatic rings. The van der Waals surface area contributed by atoms with Gasteiger partial charge in [-0.15, -0.1) is 0 Å². The molecule has 3 aromatic carbocycles. The Bertz CT molecular complexity index is 1440. The summed E-state index contributed by atoms with van der Waals surface area (Å²) in [6.45, 7) is 6.30. The standard InChI is InChI=1S/C29H26N4O3/c1-20(21-9-4-2-5-10-21)32-15-17-33(18-16-32)29(36)27(34)24-19-30-26-23(24)13-8-14-25(26)31-28(35)22-11-6-3-7-12-22/h2-14,19,30H,1,15-18H2,(H,31,35). The topological polar surface area (TPSA) is 85.5 Å². The van der Waals surface area contributed by atoms with Crippen molar-refractivity contribution in [3.8, 4) is 0 Å². The van der Waals surface area contributed by atoms with Crippen molar-refractivity contribution in [2.45, 2.75) is 0 Å². The van der Waals surface area contributed by atoms with Crippen molar-refractivity contribution in [3.63, 3.8) is 0 Å². The average Bonchev–Trinajstić information content (AvgIpc) is 3.38. The average molecular weight is 479 g/mol. The number of hydrogen-bond donors (Lipinski definition) is 2. The number of fused-ring (bicyclic) bond motifs is 1. The van der Waals surface area contributed by atoms with Crippen molar-refractivity contribution in [3.05, 3.63) is 108 Å². The summed E-state index contributed by atoms with van der Waals surface area (Å²) >= 11 is 0. The zero-order valence-corrected chi connectivity index (χ0v) is 19.7. The molecule has 2 heterocycles. The maximum absolute atomic E-state index is 13.2. The number of aromatic amines is 1. The number of carbonyl (C=O) groups is 3. The summed E-state index contributed by atoms with van der Waals surface area (Å²) in [5.41, 5.74) is 3.92. The summed E-state index contributed by atoms with van der Waals surface area (Å²) in [5.74, 6) is -1.35. The van der Waals surface area contributed by atoms with E-state index in [2.05, 4.69) is 21.8 Å². The van der Waals surface area contributed by atoms with E-state index in [9.17, 15) is 14.4 Å². The molecule has 1 aromatic heterocycles. The highest BCUT2D eigenvalue weighted by Gasteiger charge is 2.29. The van der Waals surface area contributed by atoms with Crippen LogP contribution in [0.15, 0.2) is 91.6 Å². The third kappa shape index (κ3) is 4.51. The number of rotatable bonds is 6. The summed E-state index contributed by atoms with van der Waals surface area (Å²) in [6, 6.07) is 24.1. The highest BCUT2D eigenvalue weighted by molar-refractivity contribution is 6.45. The maximum atomic E-state index is 13.2. The van der Waals surface area contributed by atoms with Crippen molar-refractivity contribution in [1.82, 2.24) is 14.8 Å². The van der Waals surface area contributed by atoms with Crippen molar-refractivity contribution in [2.24, 2.45) is 0 Å². The van der Waals surface area contributed by atoms with E-state index in [1.165, 1.54) is 6.20 Å². The quantitative estimate of drug-likeness (QED) is 0.317. The number of nitrogens with zero attached hydrogens (tertiary/aromatic N) is 2. The first-order chi connectivity index (χ1) is 17.5. The van der Waals surface area contributed by atoms with E-state index in [1.54, 1.807) is 47.4 Å². The van der Waals surface area contributed by atoms with Crippen molar-refractivity contribution < 1.29 is 14.4 Å². The number of para-hydroxylation sites is 1. The van der Waals surface area contributed by atoms with Crippen LogP contribution in [0.1, 0.15) is 26.3 Å². The van der Waals surface area contributed by atoms with Gasteiger partial charge in [0, 0.05) is 49.0 Å². The SMILES string of the molecule is C=C(c1ccccc1)N1CCN(C(=O)C(=O)c2c[nH]c3c(NC(=O)c4ccccc4)cccc23)CC1. The van der Waals surface area contributed by atoms with Crippen molar-refractivity contribution >= 4 is 39.9 Å². The molecule has 2 amide bonds. The predicted molar refractivity (Wildman–Crippen MR) is 141 cm³/mol. The molecule has 1 fully saturated rings. The van der Waals surface area contributed by atoms with E-state index >= 15 is 0 Å². The molecule has 7 nitrogen and oxygen atoms in total. The maximum Gasteiger partial charge on any atom is 0.295 e. The normalized spacial score (nSPS) is 13.4. The Balaban J connectivity index is 1.28. The number of Topliss-reactive ketones (excluding diaryl/α,β-unsaturated/α-hetero) is 1. The van der Waals surface area contributed by atoms with E-state index in [-0.39, 0.29) is 5.91 Å². The Labute approximate surface area is 209 Å². The van der Waals surface area contributed by atoms with Crippen LogP contribution in [-0.4, -0.2) is 58.6 Å². The number of benzene rings is 3. The number of nitrogens with one attached hydrogen (secondary N) is 2. The number of aromatic nitrogens is 1. The molecule has 1 aliphatic heterocycles. The molecule has 0 saturated carbocycles. The molecule has 1 aliphatic rings. The predicted octanol–water partition coefficient (Wildman–Crippen LogP) is 4.42. The minimum absolute atomic E-state index is 0.253. The molecule has 180 valence electrons. The minimum Gasteiger partial charge on any atom is -0.368 e. The second-order valence-electron chi connectivity index (χ2n) is 8.67. The van der Waals surface area contributed by atoms with Gasteiger partial charge in [-0.2, -0.15) is 0 Å². The lowest BCUT2D eigenvalue weighted by molar-refractivity contribution is -0.127. The Morgan fingerprint density at radius 1 is 0.750 bits per heavy atom. The number of hydrogen-bond acceptors (Lipinski definition) is 4. The summed E-state index contributed by atoms with van der Waals surface area (Å²) in [5, 5.41) is 3.48. The smallest absolute Gasteiger partial charge is 0.295 e. The zero-order valence-electron chi connectivity index (χ0n) is 19.7. The van der Waals surface area contributed by atoms with Crippen LogP contribution in [0, 0.1) is 0 Å². The van der Waals surface area contributed by atoms with Crippen molar-refractivity contribution in [1.29, 1.82) is 0 Å². The van der Waals surface area contributed by atoms with E-state index in [1.807, 2.05) is 36.4 Å². The third-order valence-electron chi connectivity index (χ3n) is 6.49. The Hall–Kier alpha value is -4.65. The lowest BCUT2D eigenvalue weighted by Crippen LogP contribution is -2.49. The van der Waals surface area contributed by atoms with Gasteiger partial charge in [0.1, 0.15) is 0 Å². The first-order valence-corrected chi connectivity index (χ1v) is 11.8. The second-order valence-corrected chi connectivity index (χ2v) is 8.67. The number of anilines is 1. The Kier molecular flexibility index (Phi) is 6.36. The number of H-pyrrole nitrogens is 1. The number of piperazine rings is 1. The third-order valence-corrected chi connectivity index (χ3v) is 6.49. The largest absolute Gasteiger partial charge is 0.368 e. The van der Waals surface area contributed by atoms with E-state index in [4.69, 9.17) is 0 Å². The molecule has 0 bridgehead atoms. The molecular formula is C29H26N4O3. The first kappa shape index (κ1) is 23.1. The fraction of sp³-hybridized carbons (Fsp3) is 0.138. The zero-order chi connectivity index (χ0) is 25.1. The van der Waals surface area contributed by atoms with Crippen LogP contribution in [0.5, 0.6) is 0 Å². The van der Waals surface area contributed by atoms with Crippen LogP contribution in [0.3, 0.4) is 0 Å². The monoisotopic (exact) mass is 478 g/mol. The molecule has 1 saturated heterocycles. The molecular weight excluding hydrogens is 452 g/mol. The van der Waals surface area contributed by atoms with Crippen LogP contribution >= 0.6 is 0 Å². The summed E-state index contributed by atoms with van der Waals surface area (Å²) < 4.78 is 0. The fourth-order valence-electron chi connectivity index (χ4n) is 4.48. The van der Waals surface area contributed by atoms with Gasteiger partial charge in [0.25, 0.3) is 17.6 Å². The lowest BCUT2D eigenvalue weighted by atomic mass is 10.1. The van der Waals surface area contributed by atoms with Gasteiger partial charge in [-0.3, -0.25) is 14.4 Å². The first-order valence-electron chi connectivity index (χ1n) is 11.8. The Morgan fingerprint density at radius 2 is 1.36 bits per heavy atom. The van der Waals surface area contributed by atoms with Gasteiger partial charge >= 0.3 is 0 Å². The summed E-state index contributed by atoms with van der Waals surface area (Å²) in [4.78, 5) is 45.7. The Morgan fingerprint density at radius 3 is 2.03 bits per heavy atom. The van der Waals surface area contributed by atoms with Gasteiger partial charge in [0.15, 0.2) is 0 Å². The van der Waals surface area contributed by atoms with Crippen LogP contribution in [0.2, 0.25) is 0 Å². The van der Waals surface area contributed by atoms with E-state index in [0.717, 1.165) is 11.3 Å². The number of ketones is 1. The van der Waals surface area contributed by atoms with E-state index < -0.39 is 11.7 Å². The van der Waals surface area contributed by atoms with Gasteiger partial charge in [0.2, 0.25) is 0 Å².